The summed E-state index contributed by atoms with van der Waals surface area (Å²) in [7, 11) is 4.59. The zero-order valence-corrected chi connectivity index (χ0v) is 45.2. The van der Waals surface area contributed by atoms with Gasteiger partial charge in [0.05, 0.1) is 64.1 Å². The first-order valence-electron chi connectivity index (χ1n) is 26.8. The van der Waals surface area contributed by atoms with Gasteiger partial charge in [0.25, 0.3) is 11.7 Å². The number of esters is 1. The number of piperidine rings is 1. The molecule has 0 spiro atoms. The van der Waals surface area contributed by atoms with Crippen molar-refractivity contribution in [2.45, 2.75) is 180 Å². The number of ketones is 3. The van der Waals surface area contributed by atoms with Crippen molar-refractivity contribution in [2.75, 3.05) is 67.5 Å². The number of Topliss-reactive ketones (excluding diaryl/α,β-unsaturated/α-hetero) is 3. The number of nitrogens with zero attached hydrogens (tertiary/aromatic N) is 1. The molecule has 3 heterocycles. The highest BCUT2D eigenvalue weighted by Crippen LogP contribution is 2.37. The van der Waals surface area contributed by atoms with E-state index < -0.39 is 77.8 Å². The van der Waals surface area contributed by atoms with Gasteiger partial charge in [-0.05, 0) is 107 Å². The van der Waals surface area contributed by atoms with Gasteiger partial charge >= 0.3 is 5.97 Å². The third-order valence-corrected chi connectivity index (χ3v) is 15.2. The number of methoxy groups -OCH3 is 3. The summed E-state index contributed by atoms with van der Waals surface area (Å²) in [5, 5.41) is 33.0. The van der Waals surface area contributed by atoms with Crippen molar-refractivity contribution in [3.05, 3.63) is 47.6 Å². The lowest BCUT2D eigenvalue weighted by Gasteiger charge is -2.42. The molecule has 1 unspecified atom stereocenters. The number of aliphatic hydroxyl groups is 3. The quantitative estimate of drug-likeness (QED) is 0.0742. The van der Waals surface area contributed by atoms with Gasteiger partial charge < -0.3 is 58.1 Å². The monoisotopic (exact) mass is 1030 g/mol. The third kappa shape index (κ3) is 18.6. The second-order valence-corrected chi connectivity index (χ2v) is 20.8. The smallest absolute Gasteiger partial charge is 0.329 e. The van der Waals surface area contributed by atoms with Crippen LogP contribution in [0.25, 0.3) is 0 Å². The zero-order valence-electron chi connectivity index (χ0n) is 45.2. The molecule has 1 saturated carbocycles. The Balaban J connectivity index is 1.68. The number of hydrogen-bond donors (Lipinski definition) is 3. The van der Waals surface area contributed by atoms with Crippen molar-refractivity contribution in [3.8, 4) is 0 Å². The molecule has 17 heteroatoms. The Morgan fingerprint density at radius 3 is 2.25 bits per heavy atom. The molecule has 4 rings (SSSR count). The minimum Gasteiger partial charge on any atom is -0.460 e. The van der Waals surface area contributed by atoms with Crippen molar-refractivity contribution >= 4 is 29.2 Å². The molecule has 14 atom stereocenters. The fourth-order valence-electron chi connectivity index (χ4n) is 10.6. The minimum absolute atomic E-state index is 0.00728. The Labute approximate surface area is 434 Å². The summed E-state index contributed by atoms with van der Waals surface area (Å²) in [6.45, 7) is 12.3. The van der Waals surface area contributed by atoms with Gasteiger partial charge in [0.1, 0.15) is 30.1 Å². The van der Waals surface area contributed by atoms with Crippen LogP contribution < -0.4 is 0 Å². The molecule has 3 N–H and O–H groups in total. The predicted octanol–water partition coefficient (Wildman–Crippen LogP) is 5.98. The van der Waals surface area contributed by atoms with Gasteiger partial charge in [-0.25, -0.2) is 4.79 Å². The summed E-state index contributed by atoms with van der Waals surface area (Å²) in [6.07, 6.45) is 12.0. The molecule has 3 aliphatic heterocycles. The average molecular weight is 1030 g/mol. The number of carbonyl (C=O) groups is 5. The number of ether oxygens (including phenoxy) is 8. The second-order valence-electron chi connectivity index (χ2n) is 20.8. The van der Waals surface area contributed by atoms with E-state index in [0.29, 0.717) is 83.2 Å². The van der Waals surface area contributed by atoms with Crippen LogP contribution in [-0.2, 0) is 61.9 Å². The van der Waals surface area contributed by atoms with Crippen molar-refractivity contribution in [2.24, 2.45) is 29.6 Å². The van der Waals surface area contributed by atoms with Crippen LogP contribution >= 0.6 is 0 Å². The van der Waals surface area contributed by atoms with E-state index in [1.54, 1.807) is 41.1 Å². The van der Waals surface area contributed by atoms with E-state index in [0.717, 1.165) is 12.0 Å². The summed E-state index contributed by atoms with van der Waals surface area (Å²) in [5.74, 6) is -7.77. The van der Waals surface area contributed by atoms with Gasteiger partial charge in [0.2, 0.25) is 5.79 Å². The van der Waals surface area contributed by atoms with Crippen LogP contribution in [0.2, 0.25) is 0 Å². The Morgan fingerprint density at radius 2 is 1.53 bits per heavy atom. The molecule has 4 aliphatic rings. The highest BCUT2D eigenvalue weighted by atomic mass is 16.6. The standard InChI is InChI=1S/C56H89NO16/c1-36-15-11-10-12-16-37(2)48(71-30-29-69-28-27-66-7)35-44-21-18-41(6)56(65,73-44)53(62)54(63)57-24-14-13-17-45(57)55(64)72-43(22-19-42-20-23-47(70-26-25-58)49(33-42)67-8)34-46(59)38(3)32-40(5)51(61)52(68-9)50(60)39(4)31-36/h10-12,15-16,32,36,38-39,41-45,47-49,51-52,58,61,65H,13-14,17-31,33-35H2,1-9H3/b12-10+,15-11+,37-16+,40-32+/t36-,38-,39-,41-,42-,43-,44+,45+,47-,48?,49-,51-,52+,56-/m1/s1. The average Bonchev–Trinajstić information content (AvgIpc) is 3.38. The van der Waals surface area contributed by atoms with Crippen LogP contribution in [0.3, 0.4) is 0 Å². The van der Waals surface area contributed by atoms with E-state index in [1.807, 2.05) is 51.2 Å². The number of amides is 1. The molecule has 0 aromatic carbocycles. The molecule has 2 saturated heterocycles. The molecule has 0 aromatic rings. The Hall–Kier alpha value is -3.49. The van der Waals surface area contributed by atoms with Crippen molar-refractivity contribution in [3.63, 3.8) is 0 Å². The summed E-state index contributed by atoms with van der Waals surface area (Å²) < 4.78 is 46.8. The van der Waals surface area contributed by atoms with Crippen LogP contribution in [0.5, 0.6) is 0 Å². The van der Waals surface area contributed by atoms with Gasteiger partial charge in [-0.1, -0.05) is 64.2 Å². The zero-order chi connectivity index (χ0) is 53.7. The van der Waals surface area contributed by atoms with Gasteiger partial charge in [0, 0.05) is 58.5 Å². The molecule has 1 aliphatic carbocycles. The van der Waals surface area contributed by atoms with E-state index >= 15 is 0 Å². The maximum absolute atomic E-state index is 14.4. The lowest BCUT2D eigenvalue weighted by atomic mass is 9.81. The van der Waals surface area contributed by atoms with E-state index in [-0.39, 0.29) is 81.2 Å². The number of aliphatic hydroxyl groups excluding tert-OH is 2. The normalized spacial score (nSPS) is 36.8. The first kappa shape index (κ1) is 62.1. The molecule has 414 valence electrons. The molecule has 0 aromatic heterocycles. The van der Waals surface area contributed by atoms with E-state index in [2.05, 4.69) is 0 Å². The topological polar surface area (TPSA) is 223 Å². The summed E-state index contributed by atoms with van der Waals surface area (Å²) >= 11 is 0. The van der Waals surface area contributed by atoms with E-state index in [9.17, 15) is 39.3 Å². The van der Waals surface area contributed by atoms with Crippen molar-refractivity contribution < 1.29 is 77.2 Å². The maximum atomic E-state index is 14.4. The first-order valence-corrected chi connectivity index (χ1v) is 26.8. The number of fused-ring (bicyclic) bond motifs is 3. The molecule has 2 bridgehead atoms. The van der Waals surface area contributed by atoms with Gasteiger partial charge in [-0.15, -0.1) is 0 Å². The minimum atomic E-state index is -2.47. The predicted molar refractivity (Wildman–Crippen MR) is 273 cm³/mol. The van der Waals surface area contributed by atoms with Gasteiger partial charge in [0.15, 0.2) is 5.78 Å². The van der Waals surface area contributed by atoms with Gasteiger partial charge in [-0.3, -0.25) is 19.2 Å². The molecule has 73 heavy (non-hydrogen) atoms. The Morgan fingerprint density at radius 1 is 0.781 bits per heavy atom. The second kappa shape index (κ2) is 31.5. The highest BCUT2D eigenvalue weighted by Gasteiger charge is 2.53. The summed E-state index contributed by atoms with van der Waals surface area (Å²) in [5.41, 5.74) is 1.23. The lowest BCUT2D eigenvalue weighted by molar-refractivity contribution is -0.266. The first-order chi connectivity index (χ1) is 34.9. The largest absolute Gasteiger partial charge is 0.460 e. The fraction of sp³-hybridized carbons (Fsp3) is 0.768. The van der Waals surface area contributed by atoms with Crippen LogP contribution in [-0.4, -0.2) is 172 Å². The van der Waals surface area contributed by atoms with Crippen LogP contribution in [0.15, 0.2) is 47.6 Å². The fourth-order valence-corrected chi connectivity index (χ4v) is 10.6. The lowest BCUT2D eigenvalue weighted by Crippen LogP contribution is -2.60. The number of carbonyl (C=O) groups excluding carboxylic acids is 5. The van der Waals surface area contributed by atoms with Gasteiger partial charge in [-0.2, -0.15) is 0 Å². The molecular weight excluding hydrogens is 943 g/mol. The highest BCUT2D eigenvalue weighted by molar-refractivity contribution is 6.39. The van der Waals surface area contributed by atoms with E-state index in [1.165, 1.54) is 12.0 Å². The molecular formula is C56H89NO16. The van der Waals surface area contributed by atoms with Crippen molar-refractivity contribution in [1.82, 2.24) is 4.90 Å². The van der Waals surface area contributed by atoms with Crippen molar-refractivity contribution in [1.29, 1.82) is 0 Å². The van der Waals surface area contributed by atoms with Crippen LogP contribution in [0.4, 0.5) is 0 Å². The summed E-state index contributed by atoms with van der Waals surface area (Å²) in [4.78, 5) is 72.3. The van der Waals surface area contributed by atoms with E-state index in [4.69, 9.17) is 37.9 Å². The SMILES string of the molecule is COCCOCCOC1C[C@@H]2CC[C@@H](C)[C@@](O)(O2)C(=O)C(=O)N2CCCC[C@H]2C(=O)O[C@H](CC[C@@H]2CC[C@@H](OCCO)[C@H](OC)C2)CC(=O)[C@H](C)/C=C(\C)[C@@H](O)[C@@H](OC)C(=O)[C@H](C)C[C@H](C)/C=C/C=C/C=C/1C. The third-order valence-electron chi connectivity index (χ3n) is 15.2. The number of rotatable bonds is 15. The molecule has 3 fully saturated rings. The number of cyclic esters (lactones) is 1. The number of hydrogen-bond acceptors (Lipinski definition) is 16. The molecule has 1 amide bonds. The molecule has 0 radical (unpaired) electrons. The number of allylic oxidation sites excluding steroid dienone is 6. The Kier molecular flexibility index (Phi) is 26.8. The van der Waals surface area contributed by atoms with Crippen LogP contribution in [0.1, 0.15) is 125 Å². The molecule has 17 nitrogen and oxygen atoms in total. The summed E-state index contributed by atoms with van der Waals surface area (Å²) in [6, 6.07) is -1.16. The Bertz CT molecular complexity index is 1880. The van der Waals surface area contributed by atoms with Crippen LogP contribution in [0, 0.1) is 29.6 Å². The maximum Gasteiger partial charge on any atom is 0.329 e.